The first-order valence-corrected chi connectivity index (χ1v) is 12.9. The average molecular weight is 519 g/mol. The number of aliphatic carboxylic acids is 2. The lowest BCUT2D eigenvalue weighted by Crippen LogP contribution is -2.44. The molecule has 0 bridgehead atoms. The number of aliphatic hydroxyl groups is 2. The fourth-order valence-electron chi connectivity index (χ4n) is 4.34. The van der Waals surface area contributed by atoms with Crippen molar-refractivity contribution >= 4 is 34.5 Å². The van der Waals surface area contributed by atoms with Crippen molar-refractivity contribution in [2.75, 3.05) is 19.6 Å². The number of fused-ring (bicyclic) bond motifs is 1. The summed E-state index contributed by atoms with van der Waals surface area (Å²) in [6, 6.07) is 8.09. The molecule has 9 nitrogen and oxygen atoms in total. The number of pyridine rings is 1. The highest BCUT2D eigenvalue weighted by Gasteiger charge is 2.36. The van der Waals surface area contributed by atoms with Gasteiger partial charge in [0, 0.05) is 55.8 Å². The molecule has 0 amide bonds. The van der Waals surface area contributed by atoms with Crippen molar-refractivity contribution in [2.24, 2.45) is 0 Å². The Morgan fingerprint density at radius 2 is 1.81 bits per heavy atom. The number of rotatable bonds is 9. The van der Waals surface area contributed by atoms with Crippen LogP contribution in [0.4, 0.5) is 0 Å². The van der Waals surface area contributed by atoms with E-state index in [1.807, 2.05) is 42.9 Å². The summed E-state index contributed by atoms with van der Waals surface area (Å²) in [4.78, 5) is 25.6. The number of thioether (sulfide) groups is 1. The molecule has 0 aliphatic carbocycles. The van der Waals surface area contributed by atoms with Crippen LogP contribution < -0.4 is 0 Å². The molecule has 2 aliphatic heterocycles. The van der Waals surface area contributed by atoms with Crippen molar-refractivity contribution in [3.05, 3.63) is 53.7 Å². The highest BCUT2D eigenvalue weighted by Crippen LogP contribution is 2.39. The van der Waals surface area contributed by atoms with Crippen molar-refractivity contribution in [3.63, 3.8) is 0 Å². The topological polar surface area (TPSA) is 140 Å². The van der Waals surface area contributed by atoms with Crippen molar-refractivity contribution < 1.29 is 34.8 Å². The van der Waals surface area contributed by atoms with Gasteiger partial charge in [0.05, 0.1) is 18.4 Å². The molecule has 10 heteroatoms. The van der Waals surface area contributed by atoms with Gasteiger partial charge in [-0.1, -0.05) is 42.1 Å². The van der Waals surface area contributed by atoms with Crippen molar-refractivity contribution in [1.82, 2.24) is 9.88 Å². The molecule has 0 spiro atoms. The number of piperidine rings is 1. The first kappa shape index (κ1) is 28.1. The fourth-order valence-corrected chi connectivity index (χ4v) is 5.17. The molecular weight excluding hydrogens is 484 g/mol. The molecular formula is C26H34N2O7S. The largest absolute Gasteiger partial charge is 0.481 e. The second-order valence-electron chi connectivity index (χ2n) is 9.26. The third-order valence-corrected chi connectivity index (χ3v) is 7.48. The van der Waals surface area contributed by atoms with Gasteiger partial charge in [-0.3, -0.25) is 14.6 Å². The molecule has 4 rings (SSSR count). The molecule has 2 aromatic rings. The number of carbonyl (C=O) groups is 2. The lowest BCUT2D eigenvalue weighted by molar-refractivity contribution is -0.148. The summed E-state index contributed by atoms with van der Waals surface area (Å²) in [5, 5.41) is 41.5. The molecule has 1 saturated heterocycles. The number of hydrogen-bond acceptors (Lipinski definition) is 8. The van der Waals surface area contributed by atoms with Crippen LogP contribution in [0.1, 0.15) is 51.0 Å². The quantitative estimate of drug-likeness (QED) is 0.364. The van der Waals surface area contributed by atoms with Gasteiger partial charge in [-0.25, -0.2) is 0 Å². The minimum atomic E-state index is -1.08. The van der Waals surface area contributed by atoms with Crippen LogP contribution in [0.15, 0.2) is 48.1 Å². The highest BCUT2D eigenvalue weighted by atomic mass is 32.2. The highest BCUT2D eigenvalue weighted by molar-refractivity contribution is 8.03. The van der Waals surface area contributed by atoms with Crippen LogP contribution in [-0.2, 0) is 19.9 Å². The fraction of sp³-hybridized carbons (Fsp3) is 0.500. The smallest absolute Gasteiger partial charge is 0.303 e. The Balaban J connectivity index is 0.000000392. The SMILES string of the molecule is C[C@]1(OC(O)CCN2CCC(O)(c3cncc4ccccc34)CC2)CC=CS1.O=C(O)CCC(=O)O. The number of aliphatic hydroxyl groups excluding tert-OH is 1. The van der Waals surface area contributed by atoms with Crippen LogP contribution in [0.2, 0.25) is 0 Å². The van der Waals surface area contributed by atoms with E-state index in [4.69, 9.17) is 14.9 Å². The van der Waals surface area contributed by atoms with Gasteiger partial charge in [0.2, 0.25) is 0 Å². The summed E-state index contributed by atoms with van der Waals surface area (Å²) in [6.45, 7) is 4.36. The second kappa shape index (κ2) is 12.6. The minimum Gasteiger partial charge on any atom is -0.481 e. The molecule has 1 fully saturated rings. The molecule has 3 heterocycles. The maximum absolute atomic E-state index is 11.3. The predicted octanol–water partition coefficient (Wildman–Crippen LogP) is 3.55. The van der Waals surface area contributed by atoms with Crippen LogP contribution >= 0.6 is 11.8 Å². The van der Waals surface area contributed by atoms with E-state index in [1.54, 1.807) is 11.8 Å². The average Bonchev–Trinajstić information content (AvgIpc) is 3.28. The molecule has 0 saturated carbocycles. The van der Waals surface area contributed by atoms with Crippen LogP contribution in [0.25, 0.3) is 10.8 Å². The van der Waals surface area contributed by atoms with Crippen LogP contribution in [0, 0.1) is 0 Å². The van der Waals surface area contributed by atoms with E-state index in [2.05, 4.69) is 22.0 Å². The Bertz CT molecular complexity index is 1040. The Labute approximate surface area is 214 Å². The number of carboxylic acid groups (broad SMARTS) is 2. The van der Waals surface area contributed by atoms with Gasteiger partial charge in [0.1, 0.15) is 4.93 Å². The Morgan fingerprint density at radius 3 is 2.42 bits per heavy atom. The van der Waals surface area contributed by atoms with E-state index in [-0.39, 0.29) is 17.8 Å². The zero-order chi connectivity index (χ0) is 26.2. The van der Waals surface area contributed by atoms with Gasteiger partial charge in [-0.05, 0) is 30.6 Å². The van der Waals surface area contributed by atoms with E-state index < -0.39 is 23.8 Å². The zero-order valence-corrected chi connectivity index (χ0v) is 21.2. The Kier molecular flexibility index (Phi) is 9.86. The Morgan fingerprint density at radius 1 is 1.14 bits per heavy atom. The molecule has 1 aromatic carbocycles. The number of aromatic nitrogens is 1. The summed E-state index contributed by atoms with van der Waals surface area (Å²) in [5.74, 6) is -2.15. The molecule has 1 unspecified atom stereocenters. The Hall–Kier alpha value is -2.50. The van der Waals surface area contributed by atoms with Gasteiger partial charge < -0.3 is 30.1 Å². The van der Waals surface area contributed by atoms with E-state index >= 15 is 0 Å². The number of ether oxygens (including phenoxy) is 1. The second-order valence-corrected chi connectivity index (χ2v) is 10.6. The first-order chi connectivity index (χ1) is 17.1. The molecule has 2 atom stereocenters. The first-order valence-electron chi connectivity index (χ1n) is 12.0. The van der Waals surface area contributed by atoms with Crippen molar-refractivity contribution in [1.29, 1.82) is 0 Å². The summed E-state index contributed by atoms with van der Waals surface area (Å²) in [6.07, 6.45) is 7.10. The lowest BCUT2D eigenvalue weighted by atomic mass is 9.83. The standard InChI is InChI=1S/C22H28N2O3S.C4H6O4/c1-21(8-4-14-28-21)27-20(25)7-11-24-12-9-22(26,10-13-24)19-16-23-15-17-5-2-3-6-18(17)19;5-3(6)1-2-4(7)8/h2-6,14-16,20,25-26H,7-13H2,1H3;1-2H2,(H,5,6)(H,7,8)/t20?,21-;/m1./s1. The van der Waals surface area contributed by atoms with Gasteiger partial charge in [0.25, 0.3) is 0 Å². The van der Waals surface area contributed by atoms with Crippen LogP contribution in [0.3, 0.4) is 0 Å². The lowest BCUT2D eigenvalue weighted by Gasteiger charge is -2.39. The maximum Gasteiger partial charge on any atom is 0.303 e. The molecule has 4 N–H and O–H groups in total. The van der Waals surface area contributed by atoms with Crippen molar-refractivity contribution in [2.45, 2.75) is 62.3 Å². The molecule has 2 aliphatic rings. The van der Waals surface area contributed by atoms with E-state index in [0.717, 1.165) is 42.4 Å². The van der Waals surface area contributed by atoms with Crippen LogP contribution in [0.5, 0.6) is 0 Å². The number of nitrogens with zero attached hydrogens (tertiary/aromatic N) is 2. The monoisotopic (exact) mass is 518 g/mol. The zero-order valence-electron chi connectivity index (χ0n) is 20.4. The molecule has 1 aromatic heterocycles. The summed E-state index contributed by atoms with van der Waals surface area (Å²) >= 11 is 1.62. The third-order valence-electron chi connectivity index (χ3n) is 6.39. The molecule has 36 heavy (non-hydrogen) atoms. The normalized spacial score (nSPS) is 22.1. The number of benzene rings is 1. The van der Waals surface area contributed by atoms with Crippen molar-refractivity contribution in [3.8, 4) is 0 Å². The number of carboxylic acids is 2. The summed E-state index contributed by atoms with van der Waals surface area (Å²) in [7, 11) is 0. The number of likely N-dealkylation sites (tertiary alicyclic amines) is 1. The van der Waals surface area contributed by atoms with Gasteiger partial charge >= 0.3 is 11.9 Å². The third kappa shape index (κ3) is 8.01. The van der Waals surface area contributed by atoms with Gasteiger partial charge in [0.15, 0.2) is 6.29 Å². The summed E-state index contributed by atoms with van der Waals surface area (Å²) < 4.78 is 5.82. The van der Waals surface area contributed by atoms with Gasteiger partial charge in [-0.15, -0.1) is 0 Å². The number of hydrogen-bond donors (Lipinski definition) is 4. The summed E-state index contributed by atoms with van der Waals surface area (Å²) in [5.41, 5.74) is 0.0753. The molecule has 0 radical (unpaired) electrons. The predicted molar refractivity (Wildman–Crippen MR) is 137 cm³/mol. The molecule has 196 valence electrons. The van der Waals surface area contributed by atoms with E-state index in [1.165, 1.54) is 0 Å². The van der Waals surface area contributed by atoms with Gasteiger partial charge in [-0.2, -0.15) is 0 Å². The maximum atomic E-state index is 11.3. The van der Waals surface area contributed by atoms with E-state index in [9.17, 15) is 19.8 Å². The van der Waals surface area contributed by atoms with Crippen LogP contribution in [-0.4, -0.2) is 73.1 Å². The minimum absolute atomic E-state index is 0.296. The van der Waals surface area contributed by atoms with E-state index in [0.29, 0.717) is 19.3 Å².